The van der Waals surface area contributed by atoms with Crippen molar-refractivity contribution in [2.24, 2.45) is 5.92 Å². The molecule has 0 aromatic rings. The van der Waals surface area contributed by atoms with Crippen LogP contribution in [0.2, 0.25) is 0 Å². The number of hydrogen-bond acceptors (Lipinski definition) is 2. The van der Waals surface area contributed by atoms with Crippen LogP contribution >= 0.6 is 0 Å². The molecule has 0 spiro atoms. The maximum Gasteiger partial charge on any atom is 0.135 e. The van der Waals surface area contributed by atoms with E-state index in [9.17, 15) is 9.90 Å². The number of carbonyl (C=O) groups excluding carboxylic acids is 1. The summed E-state index contributed by atoms with van der Waals surface area (Å²) in [7, 11) is 0. The Morgan fingerprint density at radius 3 is 2.64 bits per heavy atom. The summed E-state index contributed by atoms with van der Waals surface area (Å²) in [5.41, 5.74) is 0. The normalized spacial score (nSPS) is 15.5. The van der Waals surface area contributed by atoms with Gasteiger partial charge in [0, 0.05) is 5.92 Å². The first-order chi connectivity index (χ1) is 5.09. The molecule has 2 heteroatoms. The third-order valence-electron chi connectivity index (χ3n) is 1.88. The van der Waals surface area contributed by atoms with Crippen molar-refractivity contribution in [1.82, 2.24) is 0 Å². The summed E-state index contributed by atoms with van der Waals surface area (Å²) in [6.07, 6.45) is 2.63. The van der Waals surface area contributed by atoms with E-state index >= 15 is 0 Å². The first-order valence-electron chi connectivity index (χ1n) is 3.89. The molecule has 1 N–H and O–H groups in total. The van der Waals surface area contributed by atoms with E-state index in [4.69, 9.17) is 0 Å². The quantitative estimate of drug-likeness (QED) is 0.613. The number of hydrogen-bond donors (Lipinski definition) is 1. The highest BCUT2D eigenvalue weighted by molar-refractivity contribution is 5.78. The Kier molecular flexibility index (Phi) is 4.79. The van der Waals surface area contributed by atoms with Crippen molar-refractivity contribution in [1.29, 1.82) is 0 Å². The summed E-state index contributed by atoms with van der Waals surface area (Å²) in [6, 6.07) is 0. The zero-order chi connectivity index (χ0) is 8.85. The molecule has 0 bridgehead atoms. The van der Waals surface area contributed by atoms with Crippen LogP contribution in [-0.4, -0.2) is 17.0 Å². The van der Waals surface area contributed by atoms with E-state index in [1.165, 1.54) is 6.92 Å². The van der Waals surface area contributed by atoms with E-state index < -0.39 is 6.10 Å². The number of aliphatic hydroxyl groups excluding tert-OH is 1. The molecule has 0 heterocycles. The molecular formula is C9H16O2. The van der Waals surface area contributed by atoms with E-state index in [1.54, 1.807) is 13.0 Å². The summed E-state index contributed by atoms with van der Waals surface area (Å²) in [5.74, 6) is -0.198. The largest absolute Gasteiger partial charge is 0.392 e. The molecule has 11 heavy (non-hydrogen) atoms. The molecule has 2 unspecified atom stereocenters. The minimum Gasteiger partial charge on any atom is -0.392 e. The summed E-state index contributed by atoms with van der Waals surface area (Å²) in [5, 5.41) is 9.35. The Balaban J connectivity index is 3.72. The molecule has 0 saturated carbocycles. The van der Waals surface area contributed by atoms with Crippen molar-refractivity contribution in [2.45, 2.75) is 32.8 Å². The lowest BCUT2D eigenvalue weighted by Gasteiger charge is -2.14. The van der Waals surface area contributed by atoms with Crippen molar-refractivity contribution in [2.75, 3.05) is 0 Å². The zero-order valence-corrected chi connectivity index (χ0v) is 7.21. The van der Waals surface area contributed by atoms with Gasteiger partial charge in [0.15, 0.2) is 0 Å². The molecule has 0 saturated heterocycles. The van der Waals surface area contributed by atoms with Gasteiger partial charge in [0.05, 0.1) is 6.10 Å². The van der Waals surface area contributed by atoms with Crippen LogP contribution in [0, 0.1) is 5.92 Å². The fourth-order valence-corrected chi connectivity index (χ4v) is 0.810. The smallest absolute Gasteiger partial charge is 0.135 e. The third kappa shape index (κ3) is 3.94. The monoisotopic (exact) mass is 156 g/mol. The molecule has 64 valence electrons. The van der Waals surface area contributed by atoms with E-state index in [1.807, 2.05) is 0 Å². The maximum atomic E-state index is 10.8. The molecule has 0 aromatic carbocycles. The minimum atomic E-state index is -0.509. The van der Waals surface area contributed by atoms with Crippen LogP contribution in [0.5, 0.6) is 0 Å². The first kappa shape index (κ1) is 10.4. The van der Waals surface area contributed by atoms with Gasteiger partial charge in [-0.15, -0.1) is 6.58 Å². The van der Waals surface area contributed by atoms with Crippen molar-refractivity contribution in [3.63, 3.8) is 0 Å². The molecule has 2 nitrogen and oxygen atoms in total. The van der Waals surface area contributed by atoms with Gasteiger partial charge in [0.2, 0.25) is 0 Å². The van der Waals surface area contributed by atoms with Crippen molar-refractivity contribution >= 4 is 5.78 Å². The van der Waals surface area contributed by atoms with Crippen LogP contribution in [0.3, 0.4) is 0 Å². The van der Waals surface area contributed by atoms with Gasteiger partial charge in [-0.3, -0.25) is 4.79 Å². The van der Waals surface area contributed by atoms with E-state index in [0.717, 1.165) is 6.42 Å². The summed E-state index contributed by atoms with van der Waals surface area (Å²) >= 11 is 0. The van der Waals surface area contributed by atoms with Crippen LogP contribution < -0.4 is 0 Å². The van der Waals surface area contributed by atoms with Crippen LogP contribution in [0.4, 0.5) is 0 Å². The van der Waals surface area contributed by atoms with Gasteiger partial charge < -0.3 is 5.11 Å². The van der Waals surface area contributed by atoms with Crippen LogP contribution in [0.25, 0.3) is 0 Å². The predicted molar refractivity (Wildman–Crippen MR) is 45.3 cm³/mol. The Labute approximate surface area is 67.9 Å². The van der Waals surface area contributed by atoms with Crippen LogP contribution in [-0.2, 0) is 4.79 Å². The predicted octanol–water partition coefficient (Wildman–Crippen LogP) is 1.54. The number of aliphatic hydroxyl groups is 1. The van der Waals surface area contributed by atoms with E-state index in [0.29, 0.717) is 6.42 Å². The molecule has 0 rings (SSSR count). The SMILES string of the molecule is C=CCCC(O)C(C)C(C)=O. The molecule has 0 amide bonds. The zero-order valence-electron chi connectivity index (χ0n) is 7.21. The van der Waals surface area contributed by atoms with Crippen molar-refractivity contribution in [3.05, 3.63) is 12.7 Å². The summed E-state index contributed by atoms with van der Waals surface area (Å²) < 4.78 is 0. The number of allylic oxidation sites excluding steroid dienone is 1. The average Bonchev–Trinajstić information content (AvgIpc) is 1.98. The number of rotatable bonds is 5. The van der Waals surface area contributed by atoms with Gasteiger partial charge in [0.25, 0.3) is 0 Å². The molecule has 0 aromatic heterocycles. The van der Waals surface area contributed by atoms with E-state index in [2.05, 4.69) is 6.58 Å². The van der Waals surface area contributed by atoms with Gasteiger partial charge in [-0.05, 0) is 19.8 Å². The van der Waals surface area contributed by atoms with Crippen LogP contribution in [0.15, 0.2) is 12.7 Å². The second kappa shape index (κ2) is 5.08. The maximum absolute atomic E-state index is 10.8. The number of carbonyl (C=O) groups is 1. The van der Waals surface area contributed by atoms with Gasteiger partial charge in [-0.25, -0.2) is 0 Å². The molecule has 0 aliphatic rings. The molecule has 0 aliphatic carbocycles. The molecule has 0 fully saturated rings. The Hall–Kier alpha value is -0.630. The van der Waals surface area contributed by atoms with Crippen LogP contribution in [0.1, 0.15) is 26.7 Å². The lowest BCUT2D eigenvalue weighted by molar-refractivity contribution is -0.123. The molecule has 0 aliphatic heterocycles. The van der Waals surface area contributed by atoms with Crippen molar-refractivity contribution < 1.29 is 9.90 Å². The Morgan fingerprint density at radius 2 is 2.27 bits per heavy atom. The van der Waals surface area contributed by atoms with E-state index in [-0.39, 0.29) is 11.7 Å². The topological polar surface area (TPSA) is 37.3 Å². The minimum absolute atomic E-state index is 0.0431. The summed E-state index contributed by atoms with van der Waals surface area (Å²) in [6.45, 7) is 6.79. The highest BCUT2D eigenvalue weighted by Gasteiger charge is 2.16. The second-order valence-electron chi connectivity index (χ2n) is 2.83. The van der Waals surface area contributed by atoms with Gasteiger partial charge >= 0.3 is 0 Å². The van der Waals surface area contributed by atoms with Gasteiger partial charge in [0.1, 0.15) is 5.78 Å². The van der Waals surface area contributed by atoms with Gasteiger partial charge in [-0.2, -0.15) is 0 Å². The summed E-state index contributed by atoms with van der Waals surface area (Å²) in [4.78, 5) is 10.8. The molecule has 0 radical (unpaired) electrons. The van der Waals surface area contributed by atoms with Crippen molar-refractivity contribution in [3.8, 4) is 0 Å². The Bertz CT molecular complexity index is 140. The van der Waals surface area contributed by atoms with Gasteiger partial charge in [-0.1, -0.05) is 13.0 Å². The Morgan fingerprint density at radius 1 is 1.73 bits per heavy atom. The number of Topliss-reactive ketones (excluding diaryl/α,β-unsaturated/α-hetero) is 1. The highest BCUT2D eigenvalue weighted by Crippen LogP contribution is 2.09. The number of ketones is 1. The lowest BCUT2D eigenvalue weighted by atomic mass is 9.97. The average molecular weight is 156 g/mol. The second-order valence-corrected chi connectivity index (χ2v) is 2.83. The molecule has 2 atom stereocenters. The first-order valence-corrected chi connectivity index (χ1v) is 3.89. The third-order valence-corrected chi connectivity index (χ3v) is 1.88. The standard InChI is InChI=1S/C9H16O2/c1-4-5-6-9(11)7(2)8(3)10/h4,7,9,11H,1,5-6H2,2-3H3. The molecular weight excluding hydrogens is 140 g/mol. The lowest BCUT2D eigenvalue weighted by Crippen LogP contribution is -2.23. The fraction of sp³-hybridized carbons (Fsp3) is 0.667. The highest BCUT2D eigenvalue weighted by atomic mass is 16.3. The fourth-order valence-electron chi connectivity index (χ4n) is 0.810.